The molecule has 2 fully saturated rings. The molecule has 1 unspecified atom stereocenters. The Kier molecular flexibility index (Phi) is 2.60. The van der Waals surface area contributed by atoms with Gasteiger partial charge >= 0.3 is 6.03 Å². The van der Waals surface area contributed by atoms with Crippen molar-refractivity contribution in [2.24, 2.45) is 5.73 Å². The number of rotatable bonds is 2. The second kappa shape index (κ2) is 3.74. The fourth-order valence-electron chi connectivity index (χ4n) is 2.16. The van der Waals surface area contributed by atoms with Gasteiger partial charge in [-0.3, -0.25) is 0 Å². The molecule has 2 aliphatic heterocycles. The average Bonchev–Trinajstić information content (AvgIpc) is 2.68. The molecule has 0 spiro atoms. The maximum absolute atomic E-state index is 11.6. The van der Waals surface area contributed by atoms with E-state index in [1.54, 1.807) is 0 Å². The molecule has 2 amide bonds. The Morgan fingerprint density at radius 3 is 3.07 bits per heavy atom. The molecule has 2 saturated heterocycles. The Bertz CT molecular complexity index is 226. The van der Waals surface area contributed by atoms with Gasteiger partial charge in [-0.05, 0) is 12.8 Å². The number of hydrogen-bond donors (Lipinski definition) is 2. The average molecular weight is 199 g/mol. The van der Waals surface area contributed by atoms with Gasteiger partial charge in [-0.1, -0.05) is 0 Å². The molecule has 2 heterocycles. The third kappa shape index (κ3) is 1.46. The molecule has 0 bridgehead atoms. The van der Waals surface area contributed by atoms with Crippen molar-refractivity contribution >= 4 is 6.03 Å². The lowest BCUT2D eigenvalue weighted by atomic mass is 9.95. The minimum Gasteiger partial charge on any atom is -0.379 e. The smallest absolute Gasteiger partial charge is 0.317 e. The zero-order valence-electron chi connectivity index (χ0n) is 8.29. The Labute approximate surface area is 83.6 Å². The molecule has 5 nitrogen and oxygen atoms in total. The van der Waals surface area contributed by atoms with Gasteiger partial charge in [0.1, 0.15) is 0 Å². The van der Waals surface area contributed by atoms with E-state index in [-0.39, 0.29) is 11.6 Å². The van der Waals surface area contributed by atoms with Crippen molar-refractivity contribution in [3.63, 3.8) is 0 Å². The van der Waals surface area contributed by atoms with Crippen molar-refractivity contribution in [2.75, 3.05) is 32.8 Å². The maximum Gasteiger partial charge on any atom is 0.317 e. The van der Waals surface area contributed by atoms with Crippen molar-refractivity contribution in [3.8, 4) is 0 Å². The highest BCUT2D eigenvalue weighted by atomic mass is 16.5. The van der Waals surface area contributed by atoms with Gasteiger partial charge in [0.05, 0.1) is 12.1 Å². The maximum atomic E-state index is 11.6. The first-order valence-corrected chi connectivity index (χ1v) is 5.12. The third-order valence-corrected chi connectivity index (χ3v) is 3.11. The molecule has 0 aliphatic carbocycles. The van der Waals surface area contributed by atoms with Crippen LogP contribution >= 0.6 is 0 Å². The van der Waals surface area contributed by atoms with Gasteiger partial charge < -0.3 is 20.7 Å². The van der Waals surface area contributed by atoms with Crippen LogP contribution in [0.15, 0.2) is 0 Å². The lowest BCUT2D eigenvalue weighted by Gasteiger charge is -2.41. The van der Waals surface area contributed by atoms with E-state index >= 15 is 0 Å². The molecule has 1 atom stereocenters. The summed E-state index contributed by atoms with van der Waals surface area (Å²) in [5.41, 5.74) is 5.51. The van der Waals surface area contributed by atoms with Crippen LogP contribution in [0, 0.1) is 0 Å². The van der Waals surface area contributed by atoms with Crippen molar-refractivity contribution in [1.29, 1.82) is 0 Å². The van der Waals surface area contributed by atoms with Gasteiger partial charge in [0.25, 0.3) is 0 Å². The molecule has 0 aromatic carbocycles. The Hall–Kier alpha value is -0.810. The zero-order chi connectivity index (χ0) is 10.0. The first-order chi connectivity index (χ1) is 6.78. The minimum atomic E-state index is -0.246. The van der Waals surface area contributed by atoms with E-state index in [9.17, 15) is 4.79 Å². The van der Waals surface area contributed by atoms with Crippen molar-refractivity contribution in [3.05, 3.63) is 0 Å². The van der Waals surface area contributed by atoms with E-state index in [4.69, 9.17) is 10.5 Å². The van der Waals surface area contributed by atoms with Crippen LogP contribution < -0.4 is 11.1 Å². The second-order valence-electron chi connectivity index (χ2n) is 3.97. The van der Waals surface area contributed by atoms with Crippen LogP contribution in [0.4, 0.5) is 4.79 Å². The van der Waals surface area contributed by atoms with Crippen molar-refractivity contribution in [2.45, 2.75) is 18.4 Å². The highest BCUT2D eigenvalue weighted by Gasteiger charge is 2.42. The lowest BCUT2D eigenvalue weighted by Crippen LogP contribution is -2.62. The van der Waals surface area contributed by atoms with Gasteiger partial charge in [0.15, 0.2) is 0 Å². The Balaban J connectivity index is 2.13. The highest BCUT2D eigenvalue weighted by molar-refractivity contribution is 5.76. The number of ether oxygens (including phenoxy) is 1. The summed E-state index contributed by atoms with van der Waals surface area (Å²) in [5.74, 6) is 0. The van der Waals surface area contributed by atoms with Crippen LogP contribution in [0.2, 0.25) is 0 Å². The summed E-state index contributed by atoms with van der Waals surface area (Å²) in [7, 11) is 0. The molecule has 2 rings (SSSR count). The van der Waals surface area contributed by atoms with E-state index in [1.165, 1.54) is 0 Å². The predicted molar refractivity (Wildman–Crippen MR) is 51.9 cm³/mol. The quantitative estimate of drug-likeness (QED) is 0.631. The van der Waals surface area contributed by atoms with E-state index in [0.29, 0.717) is 19.8 Å². The monoisotopic (exact) mass is 199 g/mol. The molecule has 0 radical (unpaired) electrons. The molecule has 5 heteroatoms. The fraction of sp³-hybridized carbons (Fsp3) is 0.889. The number of carbonyl (C=O) groups excluding carboxylic acids is 1. The number of nitrogens with two attached hydrogens (primary N) is 1. The summed E-state index contributed by atoms with van der Waals surface area (Å²) in [5, 5.41) is 2.84. The second-order valence-corrected chi connectivity index (χ2v) is 3.97. The summed E-state index contributed by atoms with van der Waals surface area (Å²) in [4.78, 5) is 13.5. The fourth-order valence-corrected chi connectivity index (χ4v) is 2.16. The molecule has 80 valence electrons. The topological polar surface area (TPSA) is 67.6 Å². The lowest BCUT2D eigenvalue weighted by molar-refractivity contribution is 0.0837. The van der Waals surface area contributed by atoms with Crippen LogP contribution in [0.25, 0.3) is 0 Å². The van der Waals surface area contributed by atoms with Crippen LogP contribution in [-0.4, -0.2) is 49.3 Å². The Morgan fingerprint density at radius 1 is 1.64 bits per heavy atom. The van der Waals surface area contributed by atoms with Crippen molar-refractivity contribution < 1.29 is 9.53 Å². The highest BCUT2D eigenvalue weighted by Crippen LogP contribution is 2.26. The van der Waals surface area contributed by atoms with Gasteiger partial charge in [-0.2, -0.15) is 0 Å². The third-order valence-electron chi connectivity index (χ3n) is 3.11. The van der Waals surface area contributed by atoms with Crippen LogP contribution in [0.5, 0.6) is 0 Å². The molecule has 0 aromatic heterocycles. The number of amides is 2. The van der Waals surface area contributed by atoms with Crippen LogP contribution in [0.1, 0.15) is 12.8 Å². The number of carbonyl (C=O) groups is 1. The molecule has 14 heavy (non-hydrogen) atoms. The summed E-state index contributed by atoms with van der Waals surface area (Å²) in [6, 6.07) is 0.00667. The molecular weight excluding hydrogens is 182 g/mol. The first kappa shape index (κ1) is 9.73. The molecule has 2 aliphatic rings. The number of nitrogens with zero attached hydrogens (tertiary/aromatic N) is 1. The summed E-state index contributed by atoms with van der Waals surface area (Å²) < 4.78 is 5.35. The Morgan fingerprint density at radius 2 is 2.50 bits per heavy atom. The SMILES string of the molecule is NCC1(N2CCCNC2=O)CCOC1. The zero-order valence-corrected chi connectivity index (χ0v) is 8.29. The normalized spacial score (nSPS) is 33.2. The van der Waals surface area contributed by atoms with Crippen LogP contribution in [0.3, 0.4) is 0 Å². The van der Waals surface area contributed by atoms with Crippen LogP contribution in [-0.2, 0) is 4.74 Å². The molecule has 3 N–H and O–H groups in total. The number of hydrogen-bond acceptors (Lipinski definition) is 3. The summed E-state index contributed by atoms with van der Waals surface area (Å²) >= 11 is 0. The molecule has 0 saturated carbocycles. The minimum absolute atomic E-state index is 0.00667. The van der Waals surface area contributed by atoms with E-state index in [0.717, 1.165) is 25.9 Å². The van der Waals surface area contributed by atoms with Gasteiger partial charge in [0.2, 0.25) is 0 Å². The van der Waals surface area contributed by atoms with E-state index < -0.39 is 0 Å². The standard InChI is InChI=1S/C9H17N3O2/c10-6-9(2-5-14-7-9)12-4-1-3-11-8(12)13/h1-7,10H2,(H,11,13). The predicted octanol–water partition coefficient (Wildman–Crippen LogP) is -0.480. The van der Waals surface area contributed by atoms with Gasteiger partial charge in [-0.25, -0.2) is 4.79 Å². The summed E-state index contributed by atoms with van der Waals surface area (Å²) in [6.07, 6.45) is 1.85. The van der Waals surface area contributed by atoms with E-state index in [2.05, 4.69) is 5.32 Å². The van der Waals surface area contributed by atoms with E-state index in [1.807, 2.05) is 4.90 Å². The molecular formula is C9H17N3O2. The largest absolute Gasteiger partial charge is 0.379 e. The van der Waals surface area contributed by atoms with Gasteiger partial charge in [-0.15, -0.1) is 0 Å². The van der Waals surface area contributed by atoms with Gasteiger partial charge in [0, 0.05) is 26.2 Å². The number of urea groups is 1. The molecule has 0 aromatic rings. The number of nitrogens with one attached hydrogen (secondary N) is 1. The first-order valence-electron chi connectivity index (χ1n) is 5.12. The summed E-state index contributed by atoms with van der Waals surface area (Å²) in [6.45, 7) is 3.35. The van der Waals surface area contributed by atoms with Crippen molar-refractivity contribution in [1.82, 2.24) is 10.2 Å².